The Kier molecular flexibility index (Phi) is 7.55. The van der Waals surface area contributed by atoms with Crippen molar-refractivity contribution in [3.8, 4) is 11.1 Å². The highest BCUT2D eigenvalue weighted by Crippen LogP contribution is 2.35. The SMILES string of the molecule is CCC(Sc1nc2scc(-c3ccc4c(c3)CCCC4)c2c(=O)[nH]1)C(=O)Nc1nnc(CC(C)C)s1. The van der Waals surface area contributed by atoms with E-state index in [1.165, 1.54) is 58.4 Å². The van der Waals surface area contributed by atoms with Crippen molar-refractivity contribution in [3.05, 3.63) is 50.1 Å². The molecule has 36 heavy (non-hydrogen) atoms. The summed E-state index contributed by atoms with van der Waals surface area (Å²) in [6, 6.07) is 6.55. The molecule has 0 spiro atoms. The van der Waals surface area contributed by atoms with Gasteiger partial charge in [0, 0.05) is 17.4 Å². The van der Waals surface area contributed by atoms with Crippen molar-refractivity contribution in [3.63, 3.8) is 0 Å². The summed E-state index contributed by atoms with van der Waals surface area (Å²) in [6.07, 6.45) is 6.10. The summed E-state index contributed by atoms with van der Waals surface area (Å²) in [4.78, 5) is 34.4. The smallest absolute Gasteiger partial charge is 0.260 e. The van der Waals surface area contributed by atoms with Gasteiger partial charge in [-0.1, -0.05) is 62.1 Å². The Morgan fingerprint density at radius 2 is 2.00 bits per heavy atom. The summed E-state index contributed by atoms with van der Waals surface area (Å²) >= 11 is 4.14. The van der Waals surface area contributed by atoms with Gasteiger partial charge in [-0.3, -0.25) is 14.9 Å². The van der Waals surface area contributed by atoms with E-state index < -0.39 is 5.25 Å². The summed E-state index contributed by atoms with van der Waals surface area (Å²) in [7, 11) is 0. The van der Waals surface area contributed by atoms with Crippen LogP contribution in [0.2, 0.25) is 0 Å². The number of benzene rings is 1. The van der Waals surface area contributed by atoms with Gasteiger partial charge in [0.05, 0.1) is 10.6 Å². The van der Waals surface area contributed by atoms with Gasteiger partial charge in [-0.05, 0) is 54.7 Å². The lowest BCUT2D eigenvalue weighted by Gasteiger charge is -2.16. The molecule has 1 aliphatic carbocycles. The van der Waals surface area contributed by atoms with Crippen LogP contribution >= 0.6 is 34.4 Å². The molecule has 1 aliphatic rings. The number of nitrogens with zero attached hydrogens (tertiary/aromatic N) is 3. The van der Waals surface area contributed by atoms with Crippen molar-refractivity contribution in [2.75, 3.05) is 5.32 Å². The highest BCUT2D eigenvalue weighted by molar-refractivity contribution is 8.00. The number of carbonyl (C=O) groups excluding carboxylic acids is 1. The molecule has 7 nitrogen and oxygen atoms in total. The van der Waals surface area contributed by atoms with E-state index in [1.807, 2.05) is 12.3 Å². The lowest BCUT2D eigenvalue weighted by molar-refractivity contribution is -0.115. The molecule has 0 saturated carbocycles. The van der Waals surface area contributed by atoms with E-state index in [-0.39, 0.29) is 11.5 Å². The van der Waals surface area contributed by atoms with Gasteiger partial charge < -0.3 is 4.98 Å². The first-order chi connectivity index (χ1) is 17.4. The number of nitrogens with one attached hydrogen (secondary N) is 2. The maximum Gasteiger partial charge on any atom is 0.260 e. The van der Waals surface area contributed by atoms with Crippen molar-refractivity contribution in [2.24, 2.45) is 5.92 Å². The number of carbonyl (C=O) groups is 1. The number of aromatic nitrogens is 4. The molecule has 188 valence electrons. The number of aromatic amines is 1. The maximum absolute atomic E-state index is 13.1. The van der Waals surface area contributed by atoms with Crippen LogP contribution in [-0.2, 0) is 24.1 Å². The molecular formula is C26H29N5O2S3. The molecular weight excluding hydrogens is 511 g/mol. The number of thioether (sulfide) groups is 1. The lowest BCUT2D eigenvalue weighted by Crippen LogP contribution is -2.25. The lowest BCUT2D eigenvalue weighted by atomic mass is 9.89. The Morgan fingerprint density at radius 3 is 2.78 bits per heavy atom. The topological polar surface area (TPSA) is 101 Å². The molecule has 5 rings (SSSR count). The van der Waals surface area contributed by atoms with Gasteiger partial charge in [0.2, 0.25) is 11.0 Å². The number of H-pyrrole nitrogens is 1. The van der Waals surface area contributed by atoms with Gasteiger partial charge in [0.25, 0.3) is 5.56 Å². The van der Waals surface area contributed by atoms with E-state index >= 15 is 0 Å². The van der Waals surface area contributed by atoms with Gasteiger partial charge in [-0.25, -0.2) is 4.98 Å². The van der Waals surface area contributed by atoms with Crippen LogP contribution in [0.3, 0.4) is 0 Å². The van der Waals surface area contributed by atoms with E-state index in [2.05, 4.69) is 52.5 Å². The molecule has 1 aromatic carbocycles. The summed E-state index contributed by atoms with van der Waals surface area (Å²) in [6.45, 7) is 6.19. The molecule has 0 bridgehead atoms. The Hall–Kier alpha value is -2.56. The summed E-state index contributed by atoms with van der Waals surface area (Å²) in [5, 5.41) is 15.2. The van der Waals surface area contributed by atoms with Crippen LogP contribution in [-0.4, -0.2) is 31.3 Å². The Balaban J connectivity index is 1.34. The van der Waals surface area contributed by atoms with Crippen LogP contribution in [0, 0.1) is 5.92 Å². The Morgan fingerprint density at radius 1 is 1.19 bits per heavy atom. The molecule has 1 atom stereocenters. The second kappa shape index (κ2) is 10.8. The molecule has 0 fully saturated rings. The summed E-state index contributed by atoms with van der Waals surface area (Å²) in [5.74, 6) is 0.307. The van der Waals surface area contributed by atoms with Crippen molar-refractivity contribution < 1.29 is 4.79 Å². The fourth-order valence-corrected chi connectivity index (χ4v) is 7.34. The van der Waals surface area contributed by atoms with Crippen LogP contribution in [0.25, 0.3) is 21.3 Å². The zero-order valence-corrected chi connectivity index (χ0v) is 23.0. The average Bonchev–Trinajstić information content (AvgIpc) is 3.48. The fourth-order valence-electron chi connectivity index (χ4n) is 4.48. The molecule has 2 N–H and O–H groups in total. The van der Waals surface area contributed by atoms with E-state index in [0.29, 0.717) is 32.8 Å². The van der Waals surface area contributed by atoms with E-state index in [1.54, 1.807) is 0 Å². The number of thiophene rings is 1. The molecule has 4 aromatic rings. The Bertz CT molecular complexity index is 1460. The van der Waals surface area contributed by atoms with Gasteiger partial charge in [-0.15, -0.1) is 21.5 Å². The van der Waals surface area contributed by atoms with Gasteiger partial charge in [0.1, 0.15) is 9.84 Å². The predicted octanol–water partition coefficient (Wildman–Crippen LogP) is 6.09. The first-order valence-corrected chi connectivity index (χ1v) is 14.9. The quantitative estimate of drug-likeness (QED) is 0.208. The molecule has 10 heteroatoms. The van der Waals surface area contributed by atoms with Crippen LogP contribution in [0.1, 0.15) is 56.2 Å². The van der Waals surface area contributed by atoms with Crippen molar-refractivity contribution in [1.82, 2.24) is 20.2 Å². The van der Waals surface area contributed by atoms with Crippen molar-refractivity contribution >= 4 is 55.7 Å². The molecule has 0 radical (unpaired) electrons. The second-order valence-corrected chi connectivity index (χ2v) is 12.6. The highest BCUT2D eigenvalue weighted by Gasteiger charge is 2.22. The van der Waals surface area contributed by atoms with Crippen LogP contribution in [0.4, 0.5) is 5.13 Å². The standard InChI is InChI=1S/C26H29N5O2S3/c1-4-19(22(32)27-26-31-30-20(36-26)11-14(2)3)35-25-28-23(33)21-18(13-34-24(21)29-25)17-10-9-15-7-5-6-8-16(15)12-17/h9-10,12-14,19H,4-8,11H2,1-3H3,(H,27,31,32)(H,28,29,33). The predicted molar refractivity (Wildman–Crippen MR) is 149 cm³/mol. The summed E-state index contributed by atoms with van der Waals surface area (Å²) in [5.41, 5.74) is 4.62. The zero-order valence-electron chi connectivity index (χ0n) is 20.6. The first kappa shape index (κ1) is 25.1. The molecule has 0 saturated heterocycles. The number of amides is 1. The molecule has 1 unspecified atom stereocenters. The van der Waals surface area contributed by atoms with Crippen molar-refractivity contribution in [1.29, 1.82) is 0 Å². The van der Waals surface area contributed by atoms with Crippen LogP contribution in [0.15, 0.2) is 33.5 Å². The van der Waals surface area contributed by atoms with Gasteiger partial charge >= 0.3 is 0 Å². The first-order valence-electron chi connectivity index (χ1n) is 12.3. The number of fused-ring (bicyclic) bond motifs is 2. The molecule has 3 heterocycles. The number of hydrogen-bond acceptors (Lipinski definition) is 8. The molecule has 3 aromatic heterocycles. The minimum atomic E-state index is -0.414. The largest absolute Gasteiger partial charge is 0.301 e. The number of rotatable bonds is 8. The minimum Gasteiger partial charge on any atom is -0.301 e. The monoisotopic (exact) mass is 539 g/mol. The minimum absolute atomic E-state index is 0.168. The third-order valence-corrected chi connectivity index (χ3v) is 9.26. The zero-order chi connectivity index (χ0) is 25.2. The highest BCUT2D eigenvalue weighted by atomic mass is 32.2. The van der Waals surface area contributed by atoms with E-state index in [4.69, 9.17) is 4.98 Å². The fraction of sp³-hybridized carbons (Fsp3) is 0.423. The Labute approximate surface area is 222 Å². The van der Waals surface area contributed by atoms with E-state index in [0.717, 1.165) is 35.4 Å². The molecule has 0 aliphatic heterocycles. The maximum atomic E-state index is 13.1. The number of anilines is 1. The number of hydrogen-bond donors (Lipinski definition) is 2. The normalized spacial score (nSPS) is 14.2. The van der Waals surface area contributed by atoms with Gasteiger partial charge in [0.15, 0.2) is 5.16 Å². The summed E-state index contributed by atoms with van der Waals surface area (Å²) < 4.78 is 0. The van der Waals surface area contributed by atoms with Crippen molar-refractivity contribution in [2.45, 2.75) is 69.7 Å². The van der Waals surface area contributed by atoms with Gasteiger partial charge in [-0.2, -0.15) is 0 Å². The third-order valence-electron chi connectivity index (χ3n) is 6.28. The molecule has 1 amide bonds. The van der Waals surface area contributed by atoms with E-state index in [9.17, 15) is 9.59 Å². The van der Waals surface area contributed by atoms with Crippen LogP contribution < -0.4 is 10.9 Å². The average molecular weight is 540 g/mol. The van der Waals surface area contributed by atoms with Crippen LogP contribution in [0.5, 0.6) is 0 Å². The third kappa shape index (κ3) is 5.40. The second-order valence-electron chi connectivity index (χ2n) is 9.49. The number of aryl methyl sites for hydroxylation is 2.